The Morgan fingerprint density at radius 2 is 1.89 bits per heavy atom. The Kier molecular flexibility index (Phi) is 5.64. The van der Waals surface area contributed by atoms with E-state index in [4.69, 9.17) is 5.73 Å². The molecule has 0 aromatic carbocycles. The Morgan fingerprint density at radius 3 is 2.58 bits per heavy atom. The molecule has 2 fully saturated rings. The van der Waals surface area contributed by atoms with Crippen molar-refractivity contribution in [2.45, 2.75) is 57.5 Å². The van der Waals surface area contributed by atoms with Crippen LogP contribution >= 0.6 is 0 Å². The highest BCUT2D eigenvalue weighted by Gasteiger charge is 2.25. The van der Waals surface area contributed by atoms with Gasteiger partial charge >= 0.3 is 0 Å². The number of aliphatic hydroxyl groups excluding tert-OH is 1. The molecule has 110 valence electrons. The van der Waals surface area contributed by atoms with E-state index in [1.165, 1.54) is 25.7 Å². The lowest BCUT2D eigenvalue weighted by atomic mass is 9.93. The van der Waals surface area contributed by atoms with Crippen LogP contribution in [0.15, 0.2) is 0 Å². The Labute approximate surface area is 116 Å². The third-order valence-electron chi connectivity index (χ3n) is 4.64. The predicted molar refractivity (Wildman–Crippen MR) is 75.6 cm³/mol. The minimum Gasteiger partial charge on any atom is -0.392 e. The van der Waals surface area contributed by atoms with E-state index in [-0.39, 0.29) is 12.0 Å². The van der Waals surface area contributed by atoms with Gasteiger partial charge in [0.1, 0.15) is 0 Å². The molecule has 4 nitrogen and oxygen atoms in total. The third kappa shape index (κ3) is 5.11. The molecule has 1 amide bonds. The van der Waals surface area contributed by atoms with Crippen LogP contribution in [-0.2, 0) is 4.79 Å². The second-order valence-corrected chi connectivity index (χ2v) is 6.48. The van der Waals surface area contributed by atoms with Crippen molar-refractivity contribution >= 4 is 5.91 Å². The van der Waals surface area contributed by atoms with E-state index in [0.717, 1.165) is 44.8 Å². The largest absolute Gasteiger partial charge is 0.392 e. The molecule has 3 N–H and O–H groups in total. The number of rotatable bonds is 6. The molecule has 2 rings (SSSR count). The van der Waals surface area contributed by atoms with Gasteiger partial charge in [0.25, 0.3) is 0 Å². The maximum atomic E-state index is 11.0. The first-order chi connectivity index (χ1) is 9.13. The fourth-order valence-corrected chi connectivity index (χ4v) is 3.77. The van der Waals surface area contributed by atoms with Crippen LogP contribution in [-0.4, -0.2) is 41.7 Å². The fourth-order valence-electron chi connectivity index (χ4n) is 3.77. The smallest absolute Gasteiger partial charge is 0.217 e. The molecule has 19 heavy (non-hydrogen) atoms. The van der Waals surface area contributed by atoms with Crippen molar-refractivity contribution < 1.29 is 9.90 Å². The van der Waals surface area contributed by atoms with Crippen molar-refractivity contribution in [1.82, 2.24) is 4.90 Å². The molecule has 1 saturated heterocycles. The van der Waals surface area contributed by atoms with E-state index >= 15 is 0 Å². The van der Waals surface area contributed by atoms with E-state index < -0.39 is 0 Å². The van der Waals surface area contributed by atoms with Gasteiger partial charge in [0.05, 0.1) is 6.10 Å². The average molecular weight is 268 g/mol. The minimum atomic E-state index is -0.199. The molecule has 4 heteroatoms. The van der Waals surface area contributed by atoms with Crippen molar-refractivity contribution in [3.05, 3.63) is 0 Å². The Hall–Kier alpha value is -0.610. The monoisotopic (exact) mass is 268 g/mol. The summed E-state index contributed by atoms with van der Waals surface area (Å²) in [5.74, 6) is 0.935. The first-order valence-electron chi connectivity index (χ1n) is 7.82. The summed E-state index contributed by atoms with van der Waals surface area (Å²) in [6.07, 6.45) is 8.72. The summed E-state index contributed by atoms with van der Waals surface area (Å²) in [5, 5.41) is 10.2. The maximum Gasteiger partial charge on any atom is 0.217 e. The SMILES string of the molecule is NC(=O)CC1CCCN(CC(O)CC2CCCC2)C1. The van der Waals surface area contributed by atoms with Gasteiger partial charge in [-0.2, -0.15) is 0 Å². The number of amides is 1. The third-order valence-corrected chi connectivity index (χ3v) is 4.64. The number of aliphatic hydroxyl groups is 1. The Balaban J connectivity index is 1.70. The van der Waals surface area contributed by atoms with Crippen molar-refractivity contribution in [3.63, 3.8) is 0 Å². The van der Waals surface area contributed by atoms with Crippen molar-refractivity contribution in [1.29, 1.82) is 0 Å². The molecule has 0 aromatic heterocycles. The zero-order valence-electron chi connectivity index (χ0n) is 11.9. The van der Waals surface area contributed by atoms with Gasteiger partial charge in [0.2, 0.25) is 5.91 Å². The maximum absolute atomic E-state index is 11.0. The van der Waals surface area contributed by atoms with E-state index in [1.807, 2.05) is 0 Å². The van der Waals surface area contributed by atoms with Gasteiger partial charge in [-0.05, 0) is 37.6 Å². The lowest BCUT2D eigenvalue weighted by Gasteiger charge is -2.33. The number of carbonyl (C=O) groups excluding carboxylic acids is 1. The molecule has 2 unspecified atom stereocenters. The summed E-state index contributed by atoms with van der Waals surface area (Å²) < 4.78 is 0. The Bertz CT molecular complexity index is 290. The molecule has 1 saturated carbocycles. The normalized spacial score (nSPS) is 27.5. The fraction of sp³-hybridized carbons (Fsp3) is 0.933. The number of hydrogen-bond acceptors (Lipinski definition) is 3. The molecule has 0 radical (unpaired) electrons. The highest BCUT2D eigenvalue weighted by Crippen LogP contribution is 2.29. The summed E-state index contributed by atoms with van der Waals surface area (Å²) in [6, 6.07) is 0. The van der Waals surface area contributed by atoms with E-state index in [0.29, 0.717) is 12.3 Å². The van der Waals surface area contributed by atoms with Crippen LogP contribution in [0, 0.1) is 11.8 Å². The highest BCUT2D eigenvalue weighted by molar-refractivity contribution is 5.74. The summed E-state index contributed by atoms with van der Waals surface area (Å²) in [7, 11) is 0. The minimum absolute atomic E-state index is 0.196. The summed E-state index contributed by atoms with van der Waals surface area (Å²) in [6.45, 7) is 2.74. The predicted octanol–water partition coefficient (Wildman–Crippen LogP) is 1.51. The molecule has 1 aliphatic carbocycles. The average Bonchev–Trinajstić information content (AvgIpc) is 2.81. The van der Waals surface area contributed by atoms with Gasteiger partial charge in [0, 0.05) is 19.5 Å². The number of carbonyl (C=O) groups is 1. The lowest BCUT2D eigenvalue weighted by molar-refractivity contribution is -0.119. The summed E-state index contributed by atoms with van der Waals surface area (Å²) >= 11 is 0. The second-order valence-electron chi connectivity index (χ2n) is 6.48. The number of piperidine rings is 1. The van der Waals surface area contributed by atoms with Crippen molar-refractivity contribution in [2.75, 3.05) is 19.6 Å². The molecule has 0 spiro atoms. The number of hydrogen-bond donors (Lipinski definition) is 2. The van der Waals surface area contributed by atoms with E-state index in [2.05, 4.69) is 4.90 Å². The van der Waals surface area contributed by atoms with Crippen LogP contribution in [0.2, 0.25) is 0 Å². The van der Waals surface area contributed by atoms with Gasteiger partial charge < -0.3 is 15.7 Å². The molecule has 1 aliphatic heterocycles. The van der Waals surface area contributed by atoms with Crippen molar-refractivity contribution in [2.24, 2.45) is 17.6 Å². The molecular formula is C15H28N2O2. The topological polar surface area (TPSA) is 66.6 Å². The van der Waals surface area contributed by atoms with Crippen LogP contribution in [0.4, 0.5) is 0 Å². The van der Waals surface area contributed by atoms with Gasteiger partial charge in [-0.15, -0.1) is 0 Å². The second kappa shape index (κ2) is 7.25. The van der Waals surface area contributed by atoms with Gasteiger partial charge in [0.15, 0.2) is 0 Å². The lowest BCUT2D eigenvalue weighted by Crippen LogP contribution is -2.41. The van der Waals surface area contributed by atoms with Crippen LogP contribution in [0.25, 0.3) is 0 Å². The first-order valence-corrected chi connectivity index (χ1v) is 7.82. The number of nitrogens with two attached hydrogens (primary N) is 1. The number of nitrogens with zero attached hydrogens (tertiary/aromatic N) is 1. The Morgan fingerprint density at radius 1 is 1.21 bits per heavy atom. The molecule has 0 bridgehead atoms. The van der Waals surface area contributed by atoms with Gasteiger partial charge in [-0.25, -0.2) is 0 Å². The van der Waals surface area contributed by atoms with Crippen LogP contribution in [0.3, 0.4) is 0 Å². The highest BCUT2D eigenvalue weighted by atomic mass is 16.3. The first kappa shape index (κ1) is 14.8. The van der Waals surface area contributed by atoms with Gasteiger partial charge in [-0.3, -0.25) is 4.79 Å². The summed E-state index contributed by atoms with van der Waals surface area (Å²) in [5.41, 5.74) is 5.27. The summed E-state index contributed by atoms with van der Waals surface area (Å²) in [4.78, 5) is 13.3. The number of likely N-dealkylation sites (tertiary alicyclic amines) is 1. The molecular weight excluding hydrogens is 240 g/mol. The number of β-amino-alcohol motifs (C(OH)–C–C–N with tert-alkyl or cyclic N) is 1. The molecule has 1 heterocycles. The van der Waals surface area contributed by atoms with Crippen LogP contribution in [0.5, 0.6) is 0 Å². The zero-order valence-corrected chi connectivity index (χ0v) is 11.9. The molecule has 0 aromatic rings. The van der Waals surface area contributed by atoms with Crippen molar-refractivity contribution in [3.8, 4) is 0 Å². The van der Waals surface area contributed by atoms with Crippen LogP contribution in [0.1, 0.15) is 51.4 Å². The zero-order chi connectivity index (χ0) is 13.7. The molecule has 2 atom stereocenters. The van der Waals surface area contributed by atoms with E-state index in [9.17, 15) is 9.90 Å². The van der Waals surface area contributed by atoms with E-state index in [1.54, 1.807) is 0 Å². The standard InChI is InChI=1S/C15H28N2O2/c16-15(19)9-13-6-3-7-17(10-13)11-14(18)8-12-4-1-2-5-12/h12-14,18H,1-11H2,(H2,16,19). The quantitative estimate of drug-likeness (QED) is 0.767. The number of primary amides is 1. The van der Waals surface area contributed by atoms with Crippen LogP contribution < -0.4 is 5.73 Å². The molecule has 2 aliphatic rings. The van der Waals surface area contributed by atoms with Gasteiger partial charge in [-0.1, -0.05) is 25.7 Å².